The van der Waals surface area contributed by atoms with E-state index in [9.17, 15) is 9.18 Å². The van der Waals surface area contributed by atoms with Crippen molar-refractivity contribution in [3.8, 4) is 11.5 Å². The van der Waals surface area contributed by atoms with Gasteiger partial charge in [-0.1, -0.05) is 11.6 Å². The summed E-state index contributed by atoms with van der Waals surface area (Å²) in [6.45, 7) is 1.14. The van der Waals surface area contributed by atoms with Crippen molar-refractivity contribution in [2.45, 2.75) is 6.42 Å². The Kier molecular flexibility index (Phi) is 4.39. The van der Waals surface area contributed by atoms with Crippen LogP contribution in [0.5, 0.6) is 11.5 Å². The average molecular weight is 336 g/mol. The van der Waals surface area contributed by atoms with Crippen LogP contribution in [0.4, 0.5) is 10.1 Å². The number of aliphatic carboxylic acids is 1. The summed E-state index contributed by atoms with van der Waals surface area (Å²) in [5.74, 6) is -0.532. The van der Waals surface area contributed by atoms with Crippen LogP contribution in [-0.4, -0.2) is 24.2 Å². The van der Waals surface area contributed by atoms with E-state index in [0.29, 0.717) is 36.0 Å². The fourth-order valence-corrected chi connectivity index (χ4v) is 2.75. The first-order chi connectivity index (χ1) is 11.0. The van der Waals surface area contributed by atoms with Gasteiger partial charge in [0.15, 0.2) is 0 Å². The summed E-state index contributed by atoms with van der Waals surface area (Å²) in [6.07, 6.45) is 0.617. The second kappa shape index (κ2) is 6.46. The molecule has 4 nitrogen and oxygen atoms in total. The van der Waals surface area contributed by atoms with Crippen molar-refractivity contribution in [3.05, 3.63) is 53.3 Å². The van der Waals surface area contributed by atoms with Gasteiger partial charge in [-0.05, 0) is 42.8 Å². The minimum Gasteiger partial charge on any atom is -0.481 e. The van der Waals surface area contributed by atoms with Gasteiger partial charge in [-0.2, -0.15) is 0 Å². The zero-order valence-electron chi connectivity index (χ0n) is 12.2. The molecule has 0 bridgehead atoms. The number of hydrogen-bond acceptors (Lipinski definition) is 3. The van der Waals surface area contributed by atoms with Crippen molar-refractivity contribution in [2.24, 2.45) is 5.92 Å². The van der Waals surface area contributed by atoms with E-state index in [4.69, 9.17) is 21.4 Å². The standard InChI is InChI=1S/C17H15ClFNO3/c18-15-6-3-13(20-8-7-11(10-20)17(21)22)9-16(15)23-14-4-1-12(19)2-5-14/h1-6,9,11H,7-8,10H2,(H,21,22)/t11-/m1/s1. The minimum atomic E-state index is -0.774. The molecule has 0 saturated carbocycles. The number of carbonyl (C=O) groups is 1. The molecule has 0 spiro atoms. The number of carboxylic acid groups (broad SMARTS) is 1. The highest BCUT2D eigenvalue weighted by Gasteiger charge is 2.28. The monoisotopic (exact) mass is 335 g/mol. The van der Waals surface area contributed by atoms with Crippen molar-refractivity contribution in [3.63, 3.8) is 0 Å². The van der Waals surface area contributed by atoms with Crippen LogP contribution in [0, 0.1) is 11.7 Å². The second-order valence-corrected chi connectivity index (χ2v) is 5.85. The Bertz CT molecular complexity index is 720. The Hall–Kier alpha value is -2.27. The zero-order chi connectivity index (χ0) is 16.4. The molecule has 0 unspecified atom stereocenters. The summed E-state index contributed by atoms with van der Waals surface area (Å²) in [5, 5.41) is 9.53. The van der Waals surface area contributed by atoms with Crippen LogP contribution in [-0.2, 0) is 4.79 Å². The van der Waals surface area contributed by atoms with Crippen molar-refractivity contribution in [2.75, 3.05) is 18.0 Å². The van der Waals surface area contributed by atoms with E-state index >= 15 is 0 Å². The fraction of sp³-hybridized carbons (Fsp3) is 0.235. The maximum Gasteiger partial charge on any atom is 0.308 e. The number of anilines is 1. The molecule has 1 N–H and O–H groups in total. The van der Waals surface area contributed by atoms with Gasteiger partial charge in [0.2, 0.25) is 0 Å². The third-order valence-corrected chi connectivity index (χ3v) is 4.17. The molecule has 3 rings (SSSR count). The summed E-state index contributed by atoms with van der Waals surface area (Å²) in [6, 6.07) is 11.0. The number of carboxylic acids is 1. The first-order valence-electron chi connectivity index (χ1n) is 7.23. The lowest BCUT2D eigenvalue weighted by molar-refractivity contribution is -0.140. The smallest absolute Gasteiger partial charge is 0.308 e. The van der Waals surface area contributed by atoms with Crippen molar-refractivity contribution >= 4 is 23.3 Å². The molecule has 0 radical (unpaired) electrons. The Labute approximate surface area is 138 Å². The summed E-state index contributed by atoms with van der Waals surface area (Å²) < 4.78 is 18.6. The highest BCUT2D eigenvalue weighted by atomic mass is 35.5. The first kappa shape index (κ1) is 15.6. The quantitative estimate of drug-likeness (QED) is 0.910. The van der Waals surface area contributed by atoms with Crippen LogP contribution in [0.2, 0.25) is 5.02 Å². The van der Waals surface area contributed by atoms with Crippen molar-refractivity contribution < 1.29 is 19.0 Å². The number of nitrogens with zero attached hydrogens (tertiary/aromatic N) is 1. The predicted octanol–water partition coefficient (Wildman–Crippen LogP) is 4.18. The third kappa shape index (κ3) is 3.56. The number of ether oxygens (including phenoxy) is 1. The predicted molar refractivity (Wildman–Crippen MR) is 85.9 cm³/mol. The maximum absolute atomic E-state index is 12.9. The van der Waals surface area contributed by atoms with E-state index in [1.807, 2.05) is 11.0 Å². The third-order valence-electron chi connectivity index (χ3n) is 3.86. The lowest BCUT2D eigenvalue weighted by Crippen LogP contribution is -2.22. The van der Waals surface area contributed by atoms with Gasteiger partial charge in [-0.25, -0.2) is 4.39 Å². The largest absolute Gasteiger partial charge is 0.481 e. The van der Waals surface area contributed by atoms with Crippen LogP contribution in [0.1, 0.15) is 6.42 Å². The second-order valence-electron chi connectivity index (χ2n) is 5.44. The molecule has 1 fully saturated rings. The van der Waals surface area contributed by atoms with Crippen LogP contribution in [0.15, 0.2) is 42.5 Å². The Morgan fingerprint density at radius 3 is 2.65 bits per heavy atom. The average Bonchev–Trinajstić information content (AvgIpc) is 3.02. The van der Waals surface area contributed by atoms with E-state index in [2.05, 4.69) is 0 Å². The molecular weight excluding hydrogens is 321 g/mol. The molecule has 120 valence electrons. The molecule has 2 aromatic carbocycles. The number of benzene rings is 2. The van der Waals surface area contributed by atoms with E-state index in [-0.39, 0.29) is 11.7 Å². The molecule has 0 aliphatic carbocycles. The molecule has 23 heavy (non-hydrogen) atoms. The lowest BCUT2D eigenvalue weighted by Gasteiger charge is -2.19. The first-order valence-corrected chi connectivity index (χ1v) is 7.61. The van der Waals surface area contributed by atoms with Gasteiger partial charge in [0.25, 0.3) is 0 Å². The molecule has 6 heteroatoms. The molecule has 0 aromatic heterocycles. The van der Waals surface area contributed by atoms with E-state index < -0.39 is 5.97 Å². The van der Waals surface area contributed by atoms with Gasteiger partial charge in [-0.3, -0.25) is 4.79 Å². The van der Waals surface area contributed by atoms with Gasteiger partial charge >= 0.3 is 5.97 Å². The summed E-state index contributed by atoms with van der Waals surface area (Å²) >= 11 is 6.15. The molecule has 1 aliphatic heterocycles. The van der Waals surface area contributed by atoms with Gasteiger partial charge in [0.1, 0.15) is 17.3 Å². The molecule has 2 aromatic rings. The molecule has 1 saturated heterocycles. The van der Waals surface area contributed by atoms with Crippen molar-refractivity contribution in [1.29, 1.82) is 0 Å². The number of rotatable bonds is 4. The summed E-state index contributed by atoms with van der Waals surface area (Å²) in [5.41, 5.74) is 0.857. The number of halogens is 2. The Morgan fingerprint density at radius 1 is 1.26 bits per heavy atom. The van der Waals surface area contributed by atoms with E-state index in [0.717, 1.165) is 5.69 Å². The molecular formula is C17H15ClFNO3. The molecule has 0 amide bonds. The molecule has 1 atom stereocenters. The molecule has 1 aliphatic rings. The van der Waals surface area contributed by atoms with Crippen LogP contribution in [0.25, 0.3) is 0 Å². The van der Waals surface area contributed by atoms with E-state index in [1.165, 1.54) is 24.3 Å². The Morgan fingerprint density at radius 2 is 2.00 bits per heavy atom. The van der Waals surface area contributed by atoms with Gasteiger partial charge < -0.3 is 14.7 Å². The topological polar surface area (TPSA) is 49.8 Å². The number of hydrogen-bond donors (Lipinski definition) is 1. The normalized spacial score (nSPS) is 17.3. The highest BCUT2D eigenvalue weighted by Crippen LogP contribution is 2.35. The molecule has 1 heterocycles. The SMILES string of the molecule is O=C(O)[C@@H]1CCN(c2ccc(Cl)c(Oc3ccc(F)cc3)c2)C1. The zero-order valence-corrected chi connectivity index (χ0v) is 13.0. The van der Waals surface area contributed by atoms with E-state index in [1.54, 1.807) is 12.1 Å². The maximum atomic E-state index is 12.9. The van der Waals surface area contributed by atoms with Crippen molar-refractivity contribution in [1.82, 2.24) is 0 Å². The fourth-order valence-electron chi connectivity index (χ4n) is 2.59. The minimum absolute atomic E-state index is 0.339. The Balaban J connectivity index is 1.79. The summed E-state index contributed by atoms with van der Waals surface area (Å²) in [4.78, 5) is 13.1. The highest BCUT2D eigenvalue weighted by molar-refractivity contribution is 6.32. The van der Waals surface area contributed by atoms with Gasteiger partial charge in [0, 0.05) is 24.8 Å². The van der Waals surface area contributed by atoms with Crippen LogP contribution in [0.3, 0.4) is 0 Å². The van der Waals surface area contributed by atoms with Crippen LogP contribution >= 0.6 is 11.6 Å². The lowest BCUT2D eigenvalue weighted by atomic mass is 10.1. The van der Waals surface area contributed by atoms with Gasteiger partial charge in [-0.15, -0.1) is 0 Å². The summed E-state index contributed by atoms with van der Waals surface area (Å²) in [7, 11) is 0. The van der Waals surface area contributed by atoms with Crippen LogP contribution < -0.4 is 9.64 Å². The van der Waals surface area contributed by atoms with Gasteiger partial charge in [0.05, 0.1) is 10.9 Å².